The van der Waals surface area contributed by atoms with E-state index in [0.717, 1.165) is 4.47 Å². The first-order valence-corrected chi connectivity index (χ1v) is 9.44. The topological polar surface area (TPSA) is 73.1 Å². The van der Waals surface area contributed by atoms with Crippen molar-refractivity contribution in [2.75, 3.05) is 5.32 Å². The minimum atomic E-state index is -0.455. The normalized spacial score (nSPS) is 11.0. The molecule has 0 fully saturated rings. The number of carbonyl (C=O) groups is 1. The highest BCUT2D eigenvalue weighted by Crippen LogP contribution is 2.16. The molecule has 3 aromatic rings. The van der Waals surface area contributed by atoms with Crippen molar-refractivity contribution in [1.29, 1.82) is 0 Å². The van der Waals surface area contributed by atoms with Crippen LogP contribution in [0.5, 0.6) is 0 Å². The molecule has 2 aromatic heterocycles. The lowest BCUT2D eigenvalue weighted by atomic mass is 10.3. The first kappa shape index (κ1) is 17.6. The van der Waals surface area contributed by atoms with E-state index in [2.05, 4.69) is 21.2 Å². The Labute approximate surface area is 155 Å². The van der Waals surface area contributed by atoms with Gasteiger partial charge in [0.15, 0.2) is 0 Å². The minimum absolute atomic E-state index is 0.147. The molecule has 6 nitrogen and oxygen atoms in total. The molecular formula is C17H16BrN3O3S. The molecule has 0 saturated heterocycles. The van der Waals surface area contributed by atoms with Crippen molar-refractivity contribution in [3.63, 3.8) is 0 Å². The number of anilines is 1. The molecule has 2 heterocycles. The Balaban J connectivity index is 1.96. The Bertz CT molecular complexity index is 1030. The van der Waals surface area contributed by atoms with Gasteiger partial charge in [-0.25, -0.2) is 4.79 Å². The Morgan fingerprint density at radius 2 is 1.88 bits per heavy atom. The van der Waals surface area contributed by atoms with Crippen molar-refractivity contribution in [2.45, 2.75) is 26.4 Å². The van der Waals surface area contributed by atoms with Crippen LogP contribution in [0.1, 0.15) is 13.3 Å². The summed E-state index contributed by atoms with van der Waals surface area (Å²) in [5.41, 5.74) is 0.396. The van der Waals surface area contributed by atoms with E-state index in [4.69, 9.17) is 0 Å². The van der Waals surface area contributed by atoms with Crippen LogP contribution in [0.25, 0.3) is 10.2 Å². The zero-order valence-electron chi connectivity index (χ0n) is 13.5. The molecule has 1 amide bonds. The SMILES string of the molecule is CCCn1c(=O)c2sccc2n(CC(=O)Nc2ccc(Br)cc2)c1=O. The third kappa shape index (κ3) is 3.59. The summed E-state index contributed by atoms with van der Waals surface area (Å²) in [5.74, 6) is -0.321. The molecule has 3 rings (SSSR count). The predicted molar refractivity (Wildman–Crippen MR) is 103 cm³/mol. The lowest BCUT2D eigenvalue weighted by Crippen LogP contribution is -2.41. The number of aromatic nitrogens is 2. The number of hydrogen-bond donors (Lipinski definition) is 1. The van der Waals surface area contributed by atoms with Crippen molar-refractivity contribution in [3.8, 4) is 0 Å². The smallest absolute Gasteiger partial charge is 0.325 e. The van der Waals surface area contributed by atoms with Crippen LogP contribution in [-0.2, 0) is 17.9 Å². The third-order valence-corrected chi connectivity index (χ3v) is 5.13. The first-order valence-electron chi connectivity index (χ1n) is 7.77. The molecule has 0 atom stereocenters. The summed E-state index contributed by atoms with van der Waals surface area (Å²) in [7, 11) is 0. The first-order chi connectivity index (χ1) is 12.0. The molecule has 25 heavy (non-hydrogen) atoms. The Hall–Kier alpha value is -2.19. The summed E-state index contributed by atoms with van der Waals surface area (Å²) in [6.45, 7) is 2.08. The highest BCUT2D eigenvalue weighted by atomic mass is 79.9. The fourth-order valence-electron chi connectivity index (χ4n) is 2.58. The molecule has 0 aliphatic carbocycles. The number of fused-ring (bicyclic) bond motifs is 1. The van der Waals surface area contributed by atoms with Gasteiger partial charge in [-0.2, -0.15) is 0 Å². The number of halogens is 1. The number of hydrogen-bond acceptors (Lipinski definition) is 4. The van der Waals surface area contributed by atoms with E-state index >= 15 is 0 Å². The molecule has 0 saturated carbocycles. The second kappa shape index (κ2) is 7.37. The van der Waals surface area contributed by atoms with E-state index in [0.29, 0.717) is 28.9 Å². The van der Waals surface area contributed by atoms with Crippen molar-refractivity contribution in [3.05, 3.63) is 61.0 Å². The maximum atomic E-state index is 12.7. The second-order valence-electron chi connectivity index (χ2n) is 5.52. The molecule has 8 heteroatoms. The molecule has 1 N–H and O–H groups in total. The predicted octanol–water partition coefficient (Wildman–Crippen LogP) is 3.04. The van der Waals surface area contributed by atoms with Gasteiger partial charge in [0.05, 0.1) is 5.52 Å². The Kier molecular flexibility index (Phi) is 5.19. The number of nitrogens with zero attached hydrogens (tertiary/aromatic N) is 2. The fraction of sp³-hybridized carbons (Fsp3) is 0.235. The number of nitrogens with one attached hydrogen (secondary N) is 1. The average Bonchev–Trinajstić information content (AvgIpc) is 3.07. The van der Waals surface area contributed by atoms with E-state index < -0.39 is 5.69 Å². The summed E-state index contributed by atoms with van der Waals surface area (Å²) in [6.07, 6.45) is 0.664. The van der Waals surface area contributed by atoms with Crippen molar-refractivity contribution in [1.82, 2.24) is 9.13 Å². The van der Waals surface area contributed by atoms with Crippen LogP contribution < -0.4 is 16.6 Å². The Morgan fingerprint density at radius 1 is 1.16 bits per heavy atom. The molecule has 0 aliphatic rings. The van der Waals surface area contributed by atoms with E-state index in [9.17, 15) is 14.4 Å². The molecule has 0 bridgehead atoms. The summed E-state index contributed by atoms with van der Waals surface area (Å²) >= 11 is 4.62. The van der Waals surface area contributed by atoms with E-state index in [-0.39, 0.29) is 18.0 Å². The van der Waals surface area contributed by atoms with Crippen LogP contribution in [0.15, 0.2) is 49.8 Å². The molecule has 0 radical (unpaired) electrons. The quantitative estimate of drug-likeness (QED) is 0.687. The lowest BCUT2D eigenvalue weighted by Gasteiger charge is -2.12. The van der Waals surface area contributed by atoms with Crippen molar-refractivity contribution in [2.24, 2.45) is 0 Å². The van der Waals surface area contributed by atoms with Crippen LogP contribution >= 0.6 is 27.3 Å². The van der Waals surface area contributed by atoms with Gasteiger partial charge in [0.2, 0.25) is 5.91 Å². The standard InChI is InChI=1S/C17H16BrN3O3S/c1-2-8-20-16(23)15-13(7-9-25-15)21(17(20)24)10-14(22)19-12-5-3-11(18)4-6-12/h3-7,9H,2,8,10H2,1H3,(H,19,22). The maximum Gasteiger partial charge on any atom is 0.332 e. The Morgan fingerprint density at radius 3 is 2.56 bits per heavy atom. The summed E-state index contributed by atoms with van der Waals surface area (Å²) in [4.78, 5) is 37.5. The van der Waals surface area contributed by atoms with Gasteiger partial charge in [-0.15, -0.1) is 11.3 Å². The number of carbonyl (C=O) groups excluding carboxylic acids is 1. The lowest BCUT2D eigenvalue weighted by molar-refractivity contribution is -0.116. The van der Waals surface area contributed by atoms with Gasteiger partial charge >= 0.3 is 5.69 Å². The monoisotopic (exact) mass is 421 g/mol. The van der Waals surface area contributed by atoms with Gasteiger partial charge in [0.25, 0.3) is 5.56 Å². The van der Waals surface area contributed by atoms with Gasteiger partial charge in [-0.05, 0) is 42.1 Å². The van der Waals surface area contributed by atoms with Crippen LogP contribution in [0.4, 0.5) is 5.69 Å². The highest BCUT2D eigenvalue weighted by molar-refractivity contribution is 9.10. The number of rotatable bonds is 5. The van der Waals surface area contributed by atoms with Crippen molar-refractivity contribution >= 4 is 49.1 Å². The second-order valence-corrected chi connectivity index (χ2v) is 7.35. The van der Waals surface area contributed by atoms with Crippen LogP contribution in [0, 0.1) is 0 Å². The van der Waals surface area contributed by atoms with E-state index in [1.165, 1.54) is 20.5 Å². The fourth-order valence-corrected chi connectivity index (χ4v) is 3.69. The molecule has 0 spiro atoms. The summed E-state index contributed by atoms with van der Waals surface area (Å²) < 4.78 is 3.96. The number of thiophene rings is 1. The third-order valence-electron chi connectivity index (χ3n) is 3.71. The van der Waals surface area contributed by atoms with E-state index in [1.54, 1.807) is 23.6 Å². The molecule has 1 aromatic carbocycles. The van der Waals surface area contributed by atoms with Crippen LogP contribution in [0.2, 0.25) is 0 Å². The minimum Gasteiger partial charge on any atom is -0.325 e. The summed E-state index contributed by atoms with van der Waals surface area (Å²) in [5, 5.41) is 4.52. The van der Waals surface area contributed by atoms with Gasteiger partial charge in [-0.1, -0.05) is 22.9 Å². The van der Waals surface area contributed by atoms with Crippen LogP contribution in [0.3, 0.4) is 0 Å². The van der Waals surface area contributed by atoms with Crippen molar-refractivity contribution < 1.29 is 4.79 Å². The molecule has 0 aliphatic heterocycles. The maximum absolute atomic E-state index is 12.7. The molecule has 0 unspecified atom stereocenters. The highest BCUT2D eigenvalue weighted by Gasteiger charge is 2.16. The van der Waals surface area contributed by atoms with Gasteiger partial charge in [0, 0.05) is 16.7 Å². The van der Waals surface area contributed by atoms with Crippen LogP contribution in [-0.4, -0.2) is 15.0 Å². The van der Waals surface area contributed by atoms with Gasteiger partial charge < -0.3 is 5.32 Å². The zero-order valence-corrected chi connectivity index (χ0v) is 15.9. The average molecular weight is 422 g/mol. The molecular weight excluding hydrogens is 406 g/mol. The van der Waals surface area contributed by atoms with E-state index in [1.807, 2.05) is 19.1 Å². The molecule has 130 valence electrons. The van der Waals surface area contributed by atoms with Gasteiger partial charge in [-0.3, -0.25) is 18.7 Å². The van der Waals surface area contributed by atoms with Gasteiger partial charge in [0.1, 0.15) is 11.2 Å². The zero-order chi connectivity index (χ0) is 18.0. The largest absolute Gasteiger partial charge is 0.332 e. The number of amides is 1. The summed E-state index contributed by atoms with van der Waals surface area (Å²) in [6, 6.07) is 8.87. The number of benzene rings is 1.